The number of benzene rings is 4. The molecule has 2 heterocycles. The molecule has 6 rings (SSSR count). The standard InChI is InChI=1S/C34H27N3O7/c1-20(38)43-31-22(17-18-37-33(41)24-8-2-3-9-25(24)34(37)42)7-6-11-27(31)32(40)35-23-15-13-21(14-16-23)28-19-30(44-36-28)26-10-4-5-12-29(26)39/h2-16,30,39H,17-19H2,1H3,(H,35,40). The molecule has 10 heteroatoms. The third-order valence-corrected chi connectivity index (χ3v) is 7.50. The smallest absolute Gasteiger partial charge is 0.308 e. The highest BCUT2D eigenvalue weighted by Gasteiger charge is 2.35. The van der Waals surface area contributed by atoms with E-state index in [9.17, 15) is 24.3 Å². The number of anilines is 1. The molecule has 0 aliphatic carbocycles. The zero-order valence-corrected chi connectivity index (χ0v) is 23.7. The number of nitrogens with zero attached hydrogens (tertiary/aromatic N) is 2. The van der Waals surface area contributed by atoms with Crippen molar-refractivity contribution in [2.24, 2.45) is 5.16 Å². The van der Waals surface area contributed by atoms with E-state index in [0.29, 0.717) is 40.1 Å². The number of rotatable bonds is 8. The molecule has 0 saturated carbocycles. The molecular weight excluding hydrogens is 562 g/mol. The van der Waals surface area contributed by atoms with Crippen molar-refractivity contribution in [3.05, 3.63) is 124 Å². The van der Waals surface area contributed by atoms with E-state index in [0.717, 1.165) is 10.5 Å². The van der Waals surface area contributed by atoms with E-state index in [1.807, 2.05) is 6.07 Å². The van der Waals surface area contributed by atoms with Crippen molar-refractivity contribution in [1.29, 1.82) is 0 Å². The quantitative estimate of drug-likeness (QED) is 0.162. The first-order valence-corrected chi connectivity index (χ1v) is 14.0. The van der Waals surface area contributed by atoms with E-state index < -0.39 is 18.0 Å². The summed E-state index contributed by atoms with van der Waals surface area (Å²) < 4.78 is 5.47. The monoisotopic (exact) mass is 589 g/mol. The Labute approximate surface area is 252 Å². The molecular formula is C34H27N3O7. The number of hydrogen-bond acceptors (Lipinski definition) is 8. The Bertz CT molecular complexity index is 1800. The largest absolute Gasteiger partial charge is 0.508 e. The first-order chi connectivity index (χ1) is 21.3. The molecule has 0 fully saturated rings. The van der Waals surface area contributed by atoms with Crippen molar-refractivity contribution >= 4 is 35.1 Å². The number of hydrogen-bond donors (Lipinski definition) is 2. The zero-order chi connectivity index (χ0) is 30.8. The number of fused-ring (bicyclic) bond motifs is 1. The summed E-state index contributed by atoms with van der Waals surface area (Å²) in [6, 6.07) is 25.5. The summed E-state index contributed by atoms with van der Waals surface area (Å²) in [7, 11) is 0. The highest BCUT2D eigenvalue weighted by atomic mass is 16.6. The lowest BCUT2D eigenvalue weighted by Crippen LogP contribution is -2.32. The number of imide groups is 1. The predicted octanol–water partition coefficient (Wildman–Crippen LogP) is 5.27. The van der Waals surface area contributed by atoms with Crippen LogP contribution >= 0.6 is 0 Å². The number of amides is 3. The van der Waals surface area contributed by atoms with Crippen molar-refractivity contribution < 1.29 is 33.9 Å². The number of oxime groups is 1. The van der Waals surface area contributed by atoms with Crippen molar-refractivity contribution in [3.63, 3.8) is 0 Å². The van der Waals surface area contributed by atoms with Gasteiger partial charge < -0.3 is 20.0 Å². The van der Waals surface area contributed by atoms with Crippen LogP contribution in [0, 0.1) is 0 Å². The highest BCUT2D eigenvalue weighted by Crippen LogP contribution is 2.34. The van der Waals surface area contributed by atoms with Crippen LogP contribution in [0.15, 0.2) is 96.2 Å². The van der Waals surface area contributed by atoms with Gasteiger partial charge in [0.05, 0.1) is 22.4 Å². The fraction of sp³-hybridized carbons (Fsp3) is 0.147. The van der Waals surface area contributed by atoms with E-state index in [-0.39, 0.29) is 41.8 Å². The van der Waals surface area contributed by atoms with Crippen LogP contribution in [0.3, 0.4) is 0 Å². The van der Waals surface area contributed by atoms with Gasteiger partial charge in [-0.3, -0.25) is 24.1 Å². The molecule has 1 unspecified atom stereocenters. The average Bonchev–Trinajstić information content (AvgIpc) is 3.60. The Morgan fingerprint density at radius 1 is 0.932 bits per heavy atom. The van der Waals surface area contributed by atoms with Crippen LogP contribution in [0.1, 0.15) is 67.2 Å². The molecule has 0 radical (unpaired) electrons. The van der Waals surface area contributed by atoms with E-state index in [2.05, 4.69) is 10.5 Å². The molecule has 0 aromatic heterocycles. The lowest BCUT2D eigenvalue weighted by Gasteiger charge is -2.17. The maximum Gasteiger partial charge on any atom is 0.308 e. The fourth-order valence-corrected chi connectivity index (χ4v) is 5.32. The van der Waals surface area contributed by atoms with Crippen molar-refractivity contribution in [1.82, 2.24) is 4.90 Å². The number of aromatic hydroxyl groups is 1. The van der Waals surface area contributed by atoms with Crippen LogP contribution in [-0.4, -0.2) is 46.0 Å². The minimum atomic E-state index is -0.613. The lowest BCUT2D eigenvalue weighted by molar-refractivity contribution is -0.131. The Hall–Kier alpha value is -5.77. The van der Waals surface area contributed by atoms with Crippen LogP contribution in [0.5, 0.6) is 11.5 Å². The topological polar surface area (TPSA) is 135 Å². The summed E-state index contributed by atoms with van der Waals surface area (Å²) >= 11 is 0. The van der Waals surface area contributed by atoms with Gasteiger partial charge in [0.25, 0.3) is 17.7 Å². The average molecular weight is 590 g/mol. The lowest BCUT2D eigenvalue weighted by atomic mass is 9.99. The molecule has 2 aliphatic heterocycles. The number of esters is 1. The van der Waals surface area contributed by atoms with Gasteiger partial charge in [-0.25, -0.2) is 0 Å². The summed E-state index contributed by atoms with van der Waals surface area (Å²) in [5.74, 6) is -1.68. The second kappa shape index (κ2) is 11.8. The molecule has 10 nitrogen and oxygen atoms in total. The normalized spacial score (nSPS) is 15.4. The van der Waals surface area contributed by atoms with Crippen LogP contribution in [-0.2, 0) is 16.1 Å². The second-order valence-corrected chi connectivity index (χ2v) is 10.4. The predicted molar refractivity (Wildman–Crippen MR) is 161 cm³/mol. The second-order valence-electron chi connectivity index (χ2n) is 10.4. The van der Waals surface area contributed by atoms with Gasteiger partial charge in [0.1, 0.15) is 11.5 Å². The van der Waals surface area contributed by atoms with Crippen LogP contribution in [0.2, 0.25) is 0 Å². The molecule has 2 aliphatic rings. The molecule has 220 valence electrons. The van der Waals surface area contributed by atoms with E-state index in [4.69, 9.17) is 9.57 Å². The number of phenols is 1. The SMILES string of the molecule is CC(=O)Oc1c(CCN2C(=O)c3ccccc3C2=O)cccc1C(=O)Nc1ccc(C2=NOC(c3ccccc3O)C2)cc1. The summed E-state index contributed by atoms with van der Waals surface area (Å²) in [5, 5.41) is 17.1. The molecule has 44 heavy (non-hydrogen) atoms. The van der Waals surface area contributed by atoms with Crippen LogP contribution in [0.4, 0.5) is 5.69 Å². The number of phenolic OH excluding ortho intramolecular Hbond substituents is 1. The first kappa shape index (κ1) is 28.4. The summed E-state index contributed by atoms with van der Waals surface area (Å²) in [4.78, 5) is 57.7. The van der Waals surface area contributed by atoms with Crippen molar-refractivity contribution in [3.8, 4) is 11.5 Å². The van der Waals surface area contributed by atoms with Gasteiger partial charge in [-0.15, -0.1) is 0 Å². The van der Waals surface area contributed by atoms with Crippen molar-refractivity contribution in [2.45, 2.75) is 25.9 Å². The third-order valence-electron chi connectivity index (χ3n) is 7.50. The number of ether oxygens (including phenoxy) is 1. The minimum absolute atomic E-state index is 0.0471. The summed E-state index contributed by atoms with van der Waals surface area (Å²) in [6.07, 6.45) is 0.257. The Kier molecular flexibility index (Phi) is 7.63. The Morgan fingerprint density at radius 3 is 2.30 bits per heavy atom. The number of nitrogens with one attached hydrogen (secondary N) is 1. The van der Waals surface area contributed by atoms with E-state index >= 15 is 0 Å². The maximum absolute atomic E-state index is 13.4. The molecule has 0 saturated heterocycles. The van der Waals surface area contributed by atoms with E-state index in [1.54, 1.807) is 78.9 Å². The number of carbonyl (C=O) groups is 4. The van der Waals surface area contributed by atoms with Gasteiger partial charge in [0, 0.05) is 31.1 Å². The molecule has 4 aromatic rings. The van der Waals surface area contributed by atoms with Gasteiger partial charge in [-0.2, -0.15) is 0 Å². The van der Waals surface area contributed by atoms with Gasteiger partial charge in [0.15, 0.2) is 6.10 Å². The van der Waals surface area contributed by atoms with Gasteiger partial charge in [0.2, 0.25) is 0 Å². The number of carbonyl (C=O) groups excluding carboxylic acids is 4. The maximum atomic E-state index is 13.4. The zero-order valence-electron chi connectivity index (χ0n) is 23.7. The highest BCUT2D eigenvalue weighted by molar-refractivity contribution is 6.21. The van der Waals surface area contributed by atoms with Gasteiger partial charge in [-0.05, 0) is 53.9 Å². The molecule has 2 N–H and O–H groups in total. The Morgan fingerprint density at radius 2 is 1.61 bits per heavy atom. The molecule has 0 bridgehead atoms. The number of para-hydroxylation sites is 2. The van der Waals surface area contributed by atoms with Gasteiger partial charge in [-0.1, -0.05) is 59.8 Å². The Balaban J connectivity index is 1.15. The van der Waals surface area contributed by atoms with Crippen molar-refractivity contribution in [2.75, 3.05) is 11.9 Å². The molecule has 3 amide bonds. The first-order valence-electron chi connectivity index (χ1n) is 14.0. The summed E-state index contributed by atoms with van der Waals surface area (Å²) in [5.41, 5.74) is 3.99. The molecule has 0 spiro atoms. The summed E-state index contributed by atoms with van der Waals surface area (Å²) in [6.45, 7) is 1.28. The third kappa shape index (κ3) is 5.52. The fourth-order valence-electron chi connectivity index (χ4n) is 5.32. The van der Waals surface area contributed by atoms with Gasteiger partial charge >= 0.3 is 5.97 Å². The van der Waals surface area contributed by atoms with Crippen LogP contribution < -0.4 is 10.1 Å². The molecule has 1 atom stereocenters. The molecule has 4 aromatic carbocycles. The minimum Gasteiger partial charge on any atom is -0.508 e. The van der Waals surface area contributed by atoms with Crippen LogP contribution in [0.25, 0.3) is 0 Å². The van der Waals surface area contributed by atoms with E-state index in [1.165, 1.54) is 13.0 Å².